The van der Waals surface area contributed by atoms with Gasteiger partial charge < -0.3 is 0 Å². The highest BCUT2D eigenvalue weighted by atomic mass is 14.2. The molecule has 0 saturated carbocycles. The highest BCUT2D eigenvalue weighted by Crippen LogP contribution is 2.47. The fraction of sp³-hybridized carbons (Fsp3) is 0.0370. The van der Waals surface area contributed by atoms with Gasteiger partial charge in [0, 0.05) is 0 Å². The Morgan fingerprint density at radius 1 is 0.241 bits per heavy atom. The van der Waals surface area contributed by atoms with E-state index in [4.69, 9.17) is 0 Å². The van der Waals surface area contributed by atoms with E-state index in [1.165, 1.54) is 88.3 Å². The zero-order chi connectivity index (χ0) is 37.3. The average molecular weight is 693 g/mol. The molecule has 0 heterocycles. The van der Waals surface area contributed by atoms with Crippen molar-refractivity contribution in [2.45, 2.75) is 13.8 Å². The van der Waals surface area contributed by atoms with Crippen molar-refractivity contribution in [3.8, 4) is 66.8 Å². The van der Waals surface area contributed by atoms with E-state index < -0.39 is 0 Å². The van der Waals surface area contributed by atoms with E-state index in [1.807, 2.05) is 13.8 Å². The molecule has 9 rings (SSSR count). The fourth-order valence-corrected chi connectivity index (χ4v) is 7.61. The van der Waals surface area contributed by atoms with Crippen LogP contribution < -0.4 is 0 Å². The monoisotopic (exact) mass is 692 g/mol. The van der Waals surface area contributed by atoms with E-state index in [-0.39, 0.29) is 0 Å². The maximum Gasteiger partial charge on any atom is -0.00199 e. The topological polar surface area (TPSA) is 0 Å². The summed E-state index contributed by atoms with van der Waals surface area (Å²) < 4.78 is 0. The SMILES string of the molecule is C=C.CC.c1ccc(-c2cccc(-c3ccc(-c4ccccc4-c4ccccc4)cc3-c3c4ccccc4c(-c4ccccc4)c4ccccc34)c2)cc1. The molecular weight excluding hydrogens is 649 g/mol. The molecule has 0 N–H and O–H groups in total. The van der Waals surface area contributed by atoms with E-state index in [2.05, 4.69) is 219 Å². The summed E-state index contributed by atoms with van der Waals surface area (Å²) in [6.07, 6.45) is 0. The van der Waals surface area contributed by atoms with Gasteiger partial charge in [-0.05, 0) is 100 Å². The van der Waals surface area contributed by atoms with Crippen LogP contribution in [0, 0.1) is 0 Å². The van der Waals surface area contributed by atoms with Crippen LogP contribution in [-0.2, 0) is 0 Å². The van der Waals surface area contributed by atoms with Gasteiger partial charge in [-0.2, -0.15) is 0 Å². The second-order valence-electron chi connectivity index (χ2n) is 12.8. The normalized spacial score (nSPS) is 10.6. The summed E-state index contributed by atoms with van der Waals surface area (Å²) in [7, 11) is 0. The minimum atomic E-state index is 1.20. The van der Waals surface area contributed by atoms with E-state index in [9.17, 15) is 0 Å². The molecule has 0 heteroatoms. The summed E-state index contributed by atoms with van der Waals surface area (Å²) in [5.74, 6) is 0. The fourth-order valence-electron chi connectivity index (χ4n) is 7.61. The maximum absolute atomic E-state index is 3.00. The minimum absolute atomic E-state index is 1.20. The third kappa shape index (κ3) is 6.90. The second-order valence-corrected chi connectivity index (χ2v) is 12.8. The Morgan fingerprint density at radius 3 is 1.17 bits per heavy atom. The number of hydrogen-bond acceptors (Lipinski definition) is 0. The number of hydrogen-bond donors (Lipinski definition) is 0. The molecule has 0 fully saturated rings. The van der Waals surface area contributed by atoms with Gasteiger partial charge in [0.2, 0.25) is 0 Å². The van der Waals surface area contributed by atoms with Gasteiger partial charge >= 0.3 is 0 Å². The van der Waals surface area contributed by atoms with Gasteiger partial charge in [0.05, 0.1) is 0 Å². The molecule has 0 aliphatic carbocycles. The molecule has 0 aliphatic heterocycles. The Labute approximate surface area is 320 Å². The van der Waals surface area contributed by atoms with Gasteiger partial charge in [0.15, 0.2) is 0 Å². The van der Waals surface area contributed by atoms with Crippen molar-refractivity contribution in [1.29, 1.82) is 0 Å². The zero-order valence-electron chi connectivity index (χ0n) is 31.0. The van der Waals surface area contributed by atoms with Crippen LogP contribution in [0.3, 0.4) is 0 Å². The van der Waals surface area contributed by atoms with Crippen LogP contribution in [0.4, 0.5) is 0 Å². The highest BCUT2D eigenvalue weighted by molar-refractivity contribution is 6.22. The van der Waals surface area contributed by atoms with E-state index in [0.29, 0.717) is 0 Å². The van der Waals surface area contributed by atoms with Gasteiger partial charge in [-0.25, -0.2) is 0 Å². The van der Waals surface area contributed by atoms with Crippen molar-refractivity contribution in [2.24, 2.45) is 0 Å². The predicted octanol–water partition coefficient (Wildman–Crippen LogP) is 15.8. The summed E-state index contributed by atoms with van der Waals surface area (Å²) in [6, 6.07) is 75.0. The van der Waals surface area contributed by atoms with Gasteiger partial charge in [-0.1, -0.05) is 208 Å². The Kier molecular flexibility index (Phi) is 11.0. The molecular formula is C54H44. The molecule has 9 aromatic carbocycles. The Hall–Kier alpha value is -6.76. The minimum Gasteiger partial charge on any atom is -0.106 e. The lowest BCUT2D eigenvalue weighted by Crippen LogP contribution is -1.94. The van der Waals surface area contributed by atoms with Gasteiger partial charge in [-0.3, -0.25) is 0 Å². The molecule has 0 aliphatic rings. The summed E-state index contributed by atoms with van der Waals surface area (Å²) in [6.45, 7) is 10.0. The first-order chi connectivity index (χ1) is 26.8. The van der Waals surface area contributed by atoms with Gasteiger partial charge in [-0.15, -0.1) is 13.2 Å². The number of rotatable bonds is 6. The molecule has 0 atom stereocenters. The number of benzene rings is 9. The standard InChI is InChI=1S/C50H34.C2H6.C2H4/c1-4-17-35(18-5-1)38-23-16-24-39(33-38)43-32-31-40(42-26-11-10-25-41(42)36-19-6-2-7-20-36)34-48(43)50-46-29-14-12-27-44(46)49(37-21-8-3-9-22-37)45-28-13-15-30-47(45)50;2*1-2/h1-34H;1-2H3;1-2H2. The molecule has 54 heavy (non-hydrogen) atoms. The lowest BCUT2D eigenvalue weighted by atomic mass is 9.82. The summed E-state index contributed by atoms with van der Waals surface area (Å²) in [5, 5.41) is 5.01. The van der Waals surface area contributed by atoms with Crippen molar-refractivity contribution in [3.63, 3.8) is 0 Å². The molecule has 0 saturated heterocycles. The molecule has 9 aromatic rings. The van der Waals surface area contributed by atoms with Crippen LogP contribution in [0.2, 0.25) is 0 Å². The molecule has 0 bridgehead atoms. The molecule has 0 spiro atoms. The number of fused-ring (bicyclic) bond motifs is 2. The van der Waals surface area contributed by atoms with E-state index in [0.717, 1.165) is 0 Å². The Bertz CT molecular complexity index is 2580. The molecule has 0 aromatic heterocycles. The maximum atomic E-state index is 3.00. The molecule has 0 unspecified atom stereocenters. The van der Waals surface area contributed by atoms with Crippen LogP contribution in [0.1, 0.15) is 13.8 Å². The average Bonchev–Trinajstić information content (AvgIpc) is 3.27. The molecule has 0 radical (unpaired) electrons. The van der Waals surface area contributed by atoms with Crippen LogP contribution in [0.15, 0.2) is 219 Å². The van der Waals surface area contributed by atoms with Crippen molar-refractivity contribution in [1.82, 2.24) is 0 Å². The first kappa shape index (κ1) is 35.6. The molecule has 260 valence electrons. The Morgan fingerprint density at radius 2 is 0.611 bits per heavy atom. The summed E-state index contributed by atoms with van der Waals surface area (Å²) in [5.41, 5.74) is 14.7. The summed E-state index contributed by atoms with van der Waals surface area (Å²) in [4.78, 5) is 0. The smallest absolute Gasteiger partial charge is 0.00199 e. The van der Waals surface area contributed by atoms with Gasteiger partial charge in [0.1, 0.15) is 0 Å². The van der Waals surface area contributed by atoms with E-state index in [1.54, 1.807) is 0 Å². The van der Waals surface area contributed by atoms with Crippen molar-refractivity contribution in [3.05, 3.63) is 219 Å². The first-order valence-electron chi connectivity index (χ1n) is 18.8. The van der Waals surface area contributed by atoms with E-state index >= 15 is 0 Å². The highest BCUT2D eigenvalue weighted by Gasteiger charge is 2.20. The lowest BCUT2D eigenvalue weighted by Gasteiger charge is -2.21. The Balaban J connectivity index is 0.00000109. The van der Waals surface area contributed by atoms with Crippen LogP contribution >= 0.6 is 0 Å². The van der Waals surface area contributed by atoms with Crippen LogP contribution in [-0.4, -0.2) is 0 Å². The van der Waals surface area contributed by atoms with Crippen molar-refractivity contribution in [2.75, 3.05) is 0 Å². The second kappa shape index (κ2) is 16.7. The zero-order valence-corrected chi connectivity index (χ0v) is 31.0. The summed E-state index contributed by atoms with van der Waals surface area (Å²) >= 11 is 0. The van der Waals surface area contributed by atoms with Gasteiger partial charge in [0.25, 0.3) is 0 Å². The molecule has 0 nitrogen and oxygen atoms in total. The van der Waals surface area contributed by atoms with Crippen molar-refractivity contribution < 1.29 is 0 Å². The first-order valence-corrected chi connectivity index (χ1v) is 18.8. The predicted molar refractivity (Wildman–Crippen MR) is 237 cm³/mol. The van der Waals surface area contributed by atoms with Crippen molar-refractivity contribution >= 4 is 21.5 Å². The lowest BCUT2D eigenvalue weighted by molar-refractivity contribution is 1.50. The van der Waals surface area contributed by atoms with Crippen LogP contribution in [0.25, 0.3) is 88.3 Å². The third-order valence-electron chi connectivity index (χ3n) is 9.89. The molecule has 0 amide bonds. The van der Waals surface area contributed by atoms with Crippen LogP contribution in [0.5, 0.6) is 0 Å². The largest absolute Gasteiger partial charge is 0.106 e. The third-order valence-corrected chi connectivity index (χ3v) is 9.89. The quantitative estimate of drug-likeness (QED) is 0.120.